The number of benzene rings is 2. The quantitative estimate of drug-likeness (QED) is 0.625. The van der Waals surface area contributed by atoms with Crippen molar-refractivity contribution in [2.24, 2.45) is 0 Å². The van der Waals surface area contributed by atoms with Crippen LogP contribution in [0.15, 0.2) is 48.5 Å². The summed E-state index contributed by atoms with van der Waals surface area (Å²) < 4.78 is 25.1. The predicted molar refractivity (Wildman–Crippen MR) is 95.1 cm³/mol. The van der Waals surface area contributed by atoms with Gasteiger partial charge in [-0.15, -0.1) is 0 Å². The number of rotatable bonds is 6. The van der Waals surface area contributed by atoms with Crippen LogP contribution in [0.25, 0.3) is 0 Å². The molecule has 2 aromatic carbocycles. The Labute approximate surface area is 145 Å². The van der Waals surface area contributed by atoms with Crippen LogP contribution in [0.1, 0.15) is 5.56 Å². The predicted octanol–water partition coefficient (Wildman–Crippen LogP) is 2.31. The highest BCUT2D eigenvalue weighted by Crippen LogP contribution is 2.22. The van der Waals surface area contributed by atoms with Crippen LogP contribution in [0, 0.1) is 17.0 Å². The van der Waals surface area contributed by atoms with Gasteiger partial charge in [0.1, 0.15) is 6.54 Å². The number of anilines is 2. The molecular formula is C16H17N3O5S. The fourth-order valence-corrected chi connectivity index (χ4v) is 3.17. The molecular weight excluding hydrogens is 346 g/mol. The van der Waals surface area contributed by atoms with Crippen molar-refractivity contribution in [1.29, 1.82) is 0 Å². The molecule has 0 aliphatic carbocycles. The summed E-state index contributed by atoms with van der Waals surface area (Å²) in [6, 6.07) is 12.2. The summed E-state index contributed by atoms with van der Waals surface area (Å²) in [6.45, 7) is 1.30. The number of amides is 1. The van der Waals surface area contributed by atoms with Crippen LogP contribution in [0.5, 0.6) is 0 Å². The molecule has 0 aromatic heterocycles. The molecule has 0 spiro atoms. The van der Waals surface area contributed by atoms with E-state index in [2.05, 4.69) is 5.32 Å². The minimum absolute atomic E-state index is 0.170. The average Bonchev–Trinajstić information content (AvgIpc) is 2.52. The number of sulfonamides is 1. The van der Waals surface area contributed by atoms with Gasteiger partial charge in [0.05, 0.1) is 16.9 Å². The Morgan fingerprint density at radius 1 is 1.20 bits per heavy atom. The number of non-ortho nitro benzene ring substituents is 1. The number of para-hydroxylation sites is 1. The number of carbonyl (C=O) groups excluding carboxylic acids is 1. The SMILES string of the molecule is Cc1ccccc1N(CC(=O)Nc1cccc([N+](=O)[O-])c1)S(C)(=O)=O. The van der Waals surface area contributed by atoms with Crippen LogP contribution in [-0.4, -0.2) is 32.0 Å². The molecule has 0 aliphatic rings. The van der Waals surface area contributed by atoms with Crippen molar-refractivity contribution in [1.82, 2.24) is 0 Å². The van der Waals surface area contributed by atoms with E-state index in [4.69, 9.17) is 0 Å². The first kappa shape index (κ1) is 18.4. The maximum atomic E-state index is 12.2. The van der Waals surface area contributed by atoms with Crippen LogP contribution < -0.4 is 9.62 Å². The van der Waals surface area contributed by atoms with Gasteiger partial charge in [0.2, 0.25) is 15.9 Å². The molecule has 2 aromatic rings. The monoisotopic (exact) mass is 363 g/mol. The lowest BCUT2D eigenvalue weighted by Gasteiger charge is -2.23. The molecule has 0 heterocycles. The van der Waals surface area contributed by atoms with Crippen molar-refractivity contribution in [2.75, 3.05) is 22.4 Å². The van der Waals surface area contributed by atoms with E-state index in [1.54, 1.807) is 31.2 Å². The lowest BCUT2D eigenvalue weighted by Crippen LogP contribution is -2.37. The third kappa shape index (κ3) is 4.77. The molecule has 0 atom stereocenters. The smallest absolute Gasteiger partial charge is 0.271 e. The van der Waals surface area contributed by atoms with Gasteiger partial charge >= 0.3 is 0 Å². The number of aryl methyl sites for hydroxylation is 1. The van der Waals surface area contributed by atoms with Gasteiger partial charge in [-0.2, -0.15) is 0 Å². The summed E-state index contributed by atoms with van der Waals surface area (Å²) in [5.41, 5.74) is 1.16. The Kier molecular flexibility index (Phi) is 5.38. The van der Waals surface area contributed by atoms with Gasteiger partial charge in [-0.25, -0.2) is 8.42 Å². The molecule has 2 rings (SSSR count). The molecule has 0 saturated heterocycles. The normalized spacial score (nSPS) is 11.0. The highest BCUT2D eigenvalue weighted by atomic mass is 32.2. The second kappa shape index (κ2) is 7.31. The third-order valence-electron chi connectivity index (χ3n) is 3.41. The first-order valence-corrected chi connectivity index (χ1v) is 9.11. The zero-order chi connectivity index (χ0) is 18.6. The van der Waals surface area contributed by atoms with E-state index in [0.717, 1.165) is 10.6 Å². The van der Waals surface area contributed by atoms with Gasteiger partial charge in [-0.1, -0.05) is 24.3 Å². The summed E-state index contributed by atoms with van der Waals surface area (Å²) in [7, 11) is -3.69. The Morgan fingerprint density at radius 2 is 1.88 bits per heavy atom. The highest BCUT2D eigenvalue weighted by molar-refractivity contribution is 7.92. The molecule has 0 radical (unpaired) electrons. The Hall–Kier alpha value is -2.94. The number of nitrogens with one attached hydrogen (secondary N) is 1. The highest BCUT2D eigenvalue weighted by Gasteiger charge is 2.22. The van der Waals surface area contributed by atoms with Gasteiger partial charge in [0.15, 0.2) is 0 Å². The lowest BCUT2D eigenvalue weighted by molar-refractivity contribution is -0.384. The Bertz CT molecular complexity index is 911. The molecule has 0 fully saturated rings. The van der Waals surface area contributed by atoms with Crippen LogP contribution in [0.2, 0.25) is 0 Å². The van der Waals surface area contributed by atoms with E-state index >= 15 is 0 Å². The van der Waals surface area contributed by atoms with Gasteiger partial charge in [0, 0.05) is 17.8 Å². The van der Waals surface area contributed by atoms with Crippen molar-refractivity contribution in [3.63, 3.8) is 0 Å². The molecule has 0 aliphatic heterocycles. The molecule has 1 amide bonds. The van der Waals surface area contributed by atoms with Crippen molar-refractivity contribution in [3.05, 3.63) is 64.2 Å². The molecule has 0 unspecified atom stereocenters. The fourth-order valence-electron chi connectivity index (χ4n) is 2.25. The van der Waals surface area contributed by atoms with Crippen LogP contribution in [-0.2, 0) is 14.8 Å². The Morgan fingerprint density at radius 3 is 2.48 bits per heavy atom. The number of hydrogen-bond donors (Lipinski definition) is 1. The van der Waals surface area contributed by atoms with Crippen molar-refractivity contribution < 1.29 is 18.1 Å². The molecule has 25 heavy (non-hydrogen) atoms. The second-order valence-corrected chi connectivity index (χ2v) is 7.32. The second-order valence-electron chi connectivity index (χ2n) is 5.41. The summed E-state index contributed by atoms with van der Waals surface area (Å²) in [6.07, 6.45) is 1.01. The number of nitro benzene ring substituents is 1. The maximum absolute atomic E-state index is 12.2. The first-order chi connectivity index (χ1) is 11.7. The summed E-state index contributed by atoms with van der Waals surface area (Å²) in [4.78, 5) is 22.4. The number of nitro groups is 1. The van der Waals surface area contributed by atoms with E-state index in [-0.39, 0.29) is 11.4 Å². The molecule has 0 saturated carbocycles. The summed E-state index contributed by atoms with van der Waals surface area (Å²) >= 11 is 0. The first-order valence-electron chi connectivity index (χ1n) is 7.26. The third-order valence-corrected chi connectivity index (χ3v) is 4.54. The molecule has 132 valence electrons. The summed E-state index contributed by atoms with van der Waals surface area (Å²) in [5.74, 6) is -0.603. The van der Waals surface area contributed by atoms with E-state index in [9.17, 15) is 23.3 Å². The van der Waals surface area contributed by atoms with Crippen LogP contribution in [0.3, 0.4) is 0 Å². The zero-order valence-corrected chi connectivity index (χ0v) is 14.5. The largest absolute Gasteiger partial charge is 0.324 e. The van der Waals surface area contributed by atoms with E-state index in [0.29, 0.717) is 11.3 Å². The Balaban J connectivity index is 2.23. The van der Waals surface area contributed by atoms with E-state index in [1.807, 2.05) is 0 Å². The van der Waals surface area contributed by atoms with Gasteiger partial charge in [0.25, 0.3) is 5.69 Å². The lowest BCUT2D eigenvalue weighted by atomic mass is 10.2. The minimum Gasteiger partial charge on any atom is -0.324 e. The van der Waals surface area contributed by atoms with Crippen molar-refractivity contribution in [2.45, 2.75) is 6.92 Å². The van der Waals surface area contributed by atoms with Gasteiger partial charge < -0.3 is 5.32 Å². The number of carbonyl (C=O) groups is 1. The van der Waals surface area contributed by atoms with E-state index < -0.39 is 27.4 Å². The molecule has 1 N–H and O–H groups in total. The van der Waals surface area contributed by atoms with Crippen LogP contribution in [0.4, 0.5) is 17.1 Å². The van der Waals surface area contributed by atoms with Crippen LogP contribution >= 0.6 is 0 Å². The molecule has 0 bridgehead atoms. The number of hydrogen-bond acceptors (Lipinski definition) is 5. The van der Waals surface area contributed by atoms with Crippen molar-refractivity contribution >= 4 is 33.0 Å². The fraction of sp³-hybridized carbons (Fsp3) is 0.188. The summed E-state index contributed by atoms with van der Waals surface area (Å²) in [5, 5.41) is 13.3. The number of nitrogens with zero attached hydrogens (tertiary/aromatic N) is 2. The standard InChI is InChI=1S/C16H17N3O5S/c1-12-6-3-4-9-15(12)18(25(2,23)24)11-16(20)17-13-7-5-8-14(10-13)19(21)22/h3-10H,11H2,1-2H3,(H,17,20). The van der Waals surface area contributed by atoms with E-state index in [1.165, 1.54) is 24.3 Å². The van der Waals surface area contributed by atoms with Crippen molar-refractivity contribution in [3.8, 4) is 0 Å². The minimum atomic E-state index is -3.69. The molecule has 8 nitrogen and oxygen atoms in total. The topological polar surface area (TPSA) is 110 Å². The zero-order valence-electron chi connectivity index (χ0n) is 13.7. The maximum Gasteiger partial charge on any atom is 0.271 e. The molecule has 9 heteroatoms. The average molecular weight is 363 g/mol. The van der Waals surface area contributed by atoms with Gasteiger partial charge in [-0.3, -0.25) is 19.2 Å². The van der Waals surface area contributed by atoms with Gasteiger partial charge in [-0.05, 0) is 24.6 Å².